The van der Waals surface area contributed by atoms with E-state index in [1.165, 1.54) is 38.5 Å². The third kappa shape index (κ3) is 3.88. The van der Waals surface area contributed by atoms with Crippen molar-refractivity contribution < 1.29 is 5.11 Å². The molecule has 2 rings (SSSR count). The summed E-state index contributed by atoms with van der Waals surface area (Å²) in [5.74, 6) is 1.34. The molecule has 4 heteroatoms. The first-order valence-electron chi connectivity index (χ1n) is 7.62. The molecule has 0 aromatic carbocycles. The van der Waals surface area contributed by atoms with Crippen molar-refractivity contribution in [2.45, 2.75) is 77.0 Å². The van der Waals surface area contributed by atoms with Gasteiger partial charge in [-0.15, -0.1) is 10.2 Å². The van der Waals surface area contributed by atoms with Gasteiger partial charge < -0.3 is 5.11 Å². The van der Waals surface area contributed by atoms with Gasteiger partial charge in [0.15, 0.2) is 5.82 Å². The van der Waals surface area contributed by atoms with Crippen molar-refractivity contribution in [1.82, 2.24) is 15.2 Å². The third-order valence-electron chi connectivity index (χ3n) is 3.98. The Hall–Kier alpha value is -1.19. The molecule has 4 nitrogen and oxygen atoms in total. The van der Waals surface area contributed by atoms with Crippen LogP contribution >= 0.6 is 0 Å². The molecular weight excluding hydrogens is 238 g/mol. The fourth-order valence-corrected chi connectivity index (χ4v) is 2.78. The lowest BCUT2D eigenvalue weighted by atomic mass is 9.96. The molecule has 0 saturated heterocycles. The lowest BCUT2D eigenvalue weighted by Crippen LogP contribution is -2.09. The lowest BCUT2D eigenvalue weighted by Gasteiger charge is -2.15. The zero-order chi connectivity index (χ0) is 13.7. The molecule has 0 atom stereocenters. The maximum Gasteiger partial charge on any atom is 0.237 e. The summed E-state index contributed by atoms with van der Waals surface area (Å²) in [6, 6.07) is 0. The van der Waals surface area contributed by atoms with Crippen LogP contribution in [0.2, 0.25) is 0 Å². The van der Waals surface area contributed by atoms with Crippen molar-refractivity contribution in [3.05, 3.63) is 11.5 Å². The van der Waals surface area contributed by atoms with Crippen molar-refractivity contribution >= 4 is 0 Å². The molecule has 1 aliphatic rings. The zero-order valence-corrected chi connectivity index (χ0v) is 12.1. The van der Waals surface area contributed by atoms with Crippen molar-refractivity contribution in [3.63, 3.8) is 0 Å². The van der Waals surface area contributed by atoms with Gasteiger partial charge >= 0.3 is 0 Å². The number of aromatic nitrogens is 3. The van der Waals surface area contributed by atoms with Crippen LogP contribution in [0.5, 0.6) is 5.88 Å². The minimum absolute atomic E-state index is 0.0693. The molecule has 0 aliphatic heterocycles. The van der Waals surface area contributed by atoms with Crippen LogP contribution in [0.3, 0.4) is 0 Å². The second kappa shape index (κ2) is 6.83. The average Bonchev–Trinajstić information content (AvgIpc) is 2.51. The van der Waals surface area contributed by atoms with Crippen LogP contribution in [0.25, 0.3) is 0 Å². The van der Waals surface area contributed by atoms with Gasteiger partial charge in [0.05, 0.1) is 0 Å². The van der Waals surface area contributed by atoms with Crippen molar-refractivity contribution in [1.29, 1.82) is 0 Å². The summed E-state index contributed by atoms with van der Waals surface area (Å²) in [5.41, 5.74) is 0.604. The van der Waals surface area contributed by atoms with E-state index in [1.54, 1.807) is 0 Å². The summed E-state index contributed by atoms with van der Waals surface area (Å²) in [6.07, 6.45) is 10.0. The third-order valence-corrected chi connectivity index (χ3v) is 3.98. The molecule has 0 radical (unpaired) electrons. The van der Waals surface area contributed by atoms with Crippen LogP contribution in [-0.4, -0.2) is 20.3 Å². The van der Waals surface area contributed by atoms with E-state index in [9.17, 15) is 5.11 Å². The predicted molar refractivity (Wildman–Crippen MR) is 75.3 cm³/mol. The highest BCUT2D eigenvalue weighted by atomic mass is 16.3. The minimum atomic E-state index is 0.0693. The maximum absolute atomic E-state index is 9.96. The van der Waals surface area contributed by atoms with E-state index in [2.05, 4.69) is 15.2 Å². The molecule has 0 unspecified atom stereocenters. The van der Waals surface area contributed by atoms with E-state index < -0.39 is 0 Å². The molecule has 0 spiro atoms. The highest BCUT2D eigenvalue weighted by Crippen LogP contribution is 2.30. The lowest BCUT2D eigenvalue weighted by molar-refractivity contribution is 0.417. The first-order chi connectivity index (χ1) is 9.18. The Morgan fingerprint density at radius 2 is 1.53 bits per heavy atom. The van der Waals surface area contributed by atoms with Gasteiger partial charge in [-0.05, 0) is 12.8 Å². The molecule has 1 N–H and O–H groups in total. The monoisotopic (exact) mass is 263 g/mol. The predicted octanol–water partition coefficient (Wildman–Crippen LogP) is 3.92. The number of nitrogens with zero attached hydrogens (tertiary/aromatic N) is 3. The van der Waals surface area contributed by atoms with Gasteiger partial charge in [0.1, 0.15) is 5.69 Å². The Labute approximate surface area is 115 Å². The van der Waals surface area contributed by atoms with Gasteiger partial charge in [0, 0.05) is 11.8 Å². The molecule has 0 bridgehead atoms. The second-order valence-corrected chi connectivity index (χ2v) is 5.93. The summed E-state index contributed by atoms with van der Waals surface area (Å²) < 4.78 is 0. The highest BCUT2D eigenvalue weighted by Gasteiger charge is 2.19. The fourth-order valence-electron chi connectivity index (χ4n) is 2.78. The van der Waals surface area contributed by atoms with Gasteiger partial charge in [-0.25, -0.2) is 0 Å². The fraction of sp³-hybridized carbons (Fsp3) is 0.800. The summed E-state index contributed by atoms with van der Waals surface area (Å²) >= 11 is 0. The number of aromatic hydroxyl groups is 1. The molecule has 0 amide bonds. The van der Waals surface area contributed by atoms with E-state index in [4.69, 9.17) is 0 Å². The first-order valence-corrected chi connectivity index (χ1v) is 7.62. The molecule has 1 heterocycles. The smallest absolute Gasteiger partial charge is 0.237 e. The number of rotatable bonds is 2. The minimum Gasteiger partial charge on any atom is -0.492 e. The van der Waals surface area contributed by atoms with E-state index in [-0.39, 0.29) is 11.8 Å². The Bertz CT molecular complexity index is 396. The van der Waals surface area contributed by atoms with E-state index in [0.29, 0.717) is 11.6 Å². The number of hydrogen-bond donors (Lipinski definition) is 1. The van der Waals surface area contributed by atoms with E-state index in [1.807, 2.05) is 13.8 Å². The molecule has 1 aromatic rings. The van der Waals surface area contributed by atoms with Crippen molar-refractivity contribution in [3.8, 4) is 5.88 Å². The van der Waals surface area contributed by atoms with E-state index in [0.717, 1.165) is 18.7 Å². The van der Waals surface area contributed by atoms with Gasteiger partial charge in [-0.3, -0.25) is 0 Å². The van der Waals surface area contributed by atoms with Crippen molar-refractivity contribution in [2.75, 3.05) is 0 Å². The van der Waals surface area contributed by atoms with Crippen LogP contribution in [-0.2, 0) is 0 Å². The van der Waals surface area contributed by atoms with Crippen LogP contribution in [0, 0.1) is 0 Å². The SMILES string of the molecule is CC(C)c1nnc(C2CCCCCCCC2)nc1O. The molecule has 1 saturated carbocycles. The quantitative estimate of drug-likeness (QED) is 0.878. The summed E-state index contributed by atoms with van der Waals surface area (Å²) in [4.78, 5) is 4.30. The first kappa shape index (κ1) is 14.2. The Morgan fingerprint density at radius 3 is 2.05 bits per heavy atom. The van der Waals surface area contributed by atoms with Crippen molar-refractivity contribution in [2.24, 2.45) is 0 Å². The maximum atomic E-state index is 9.96. The molecular formula is C15H25N3O. The van der Waals surface area contributed by atoms with E-state index >= 15 is 0 Å². The normalized spacial score (nSPS) is 18.9. The standard InChI is InChI=1S/C15H25N3O/c1-11(2)13-15(19)16-14(18-17-13)12-9-7-5-3-4-6-8-10-12/h11-12H,3-10H2,1-2H3,(H,16,18,19). The molecule has 1 fully saturated rings. The van der Waals surface area contributed by atoms with Crippen LogP contribution < -0.4 is 0 Å². The molecule has 1 aromatic heterocycles. The summed E-state index contributed by atoms with van der Waals surface area (Å²) in [7, 11) is 0. The van der Waals surface area contributed by atoms with Gasteiger partial charge in [0.25, 0.3) is 0 Å². The second-order valence-electron chi connectivity index (χ2n) is 5.93. The topological polar surface area (TPSA) is 58.9 Å². The van der Waals surface area contributed by atoms with Crippen LogP contribution in [0.15, 0.2) is 0 Å². The highest BCUT2D eigenvalue weighted by molar-refractivity contribution is 5.19. The molecule has 19 heavy (non-hydrogen) atoms. The largest absolute Gasteiger partial charge is 0.492 e. The Kier molecular flexibility index (Phi) is 5.11. The van der Waals surface area contributed by atoms with Gasteiger partial charge in [-0.1, -0.05) is 52.4 Å². The Morgan fingerprint density at radius 1 is 0.947 bits per heavy atom. The van der Waals surface area contributed by atoms with Crippen LogP contribution in [0.1, 0.15) is 88.6 Å². The summed E-state index contributed by atoms with van der Waals surface area (Å²) in [6.45, 7) is 3.98. The molecule has 106 valence electrons. The molecule has 1 aliphatic carbocycles. The summed E-state index contributed by atoms with van der Waals surface area (Å²) in [5, 5.41) is 18.4. The average molecular weight is 263 g/mol. The number of hydrogen-bond acceptors (Lipinski definition) is 4. The van der Waals surface area contributed by atoms with Gasteiger partial charge in [0.2, 0.25) is 5.88 Å². The van der Waals surface area contributed by atoms with Crippen LogP contribution in [0.4, 0.5) is 0 Å². The Balaban J connectivity index is 2.12. The van der Waals surface area contributed by atoms with Gasteiger partial charge in [-0.2, -0.15) is 4.98 Å². The zero-order valence-electron chi connectivity index (χ0n) is 12.1.